The van der Waals surface area contributed by atoms with Crippen LogP contribution in [0.2, 0.25) is 0 Å². The van der Waals surface area contributed by atoms with Crippen molar-refractivity contribution in [2.24, 2.45) is 0 Å². The summed E-state index contributed by atoms with van der Waals surface area (Å²) in [6, 6.07) is 18.6. The smallest absolute Gasteiger partial charge is 0.261 e. The normalized spacial score (nSPS) is 15.0. The SMILES string of the molecule is O=C(CCCN1C(=O)c2cccc3cccc(c23)C1=O)Nc1cccc(-c2nnc3n2CCCCC3)c1. The minimum absolute atomic E-state index is 0.170. The van der Waals surface area contributed by atoms with Crippen molar-refractivity contribution < 1.29 is 14.4 Å². The summed E-state index contributed by atoms with van der Waals surface area (Å²) < 4.78 is 2.18. The summed E-state index contributed by atoms with van der Waals surface area (Å²) in [7, 11) is 0. The molecule has 0 unspecified atom stereocenters. The molecule has 8 heteroatoms. The van der Waals surface area contributed by atoms with Crippen molar-refractivity contribution in [3.8, 4) is 11.4 Å². The van der Waals surface area contributed by atoms with Gasteiger partial charge in [0.1, 0.15) is 5.82 Å². The molecule has 2 aliphatic heterocycles. The van der Waals surface area contributed by atoms with Gasteiger partial charge in [0.2, 0.25) is 5.91 Å². The molecule has 1 N–H and O–H groups in total. The topological polar surface area (TPSA) is 97.2 Å². The van der Waals surface area contributed by atoms with Crippen LogP contribution in [-0.4, -0.2) is 43.9 Å². The summed E-state index contributed by atoms with van der Waals surface area (Å²) in [6.07, 6.45) is 4.93. The Morgan fingerprint density at radius 2 is 1.65 bits per heavy atom. The molecule has 2 aliphatic rings. The van der Waals surface area contributed by atoms with Gasteiger partial charge in [0.25, 0.3) is 11.8 Å². The number of nitrogens with zero attached hydrogens (tertiary/aromatic N) is 4. The van der Waals surface area contributed by atoms with E-state index in [1.165, 1.54) is 11.3 Å². The van der Waals surface area contributed by atoms with E-state index in [-0.39, 0.29) is 30.7 Å². The van der Waals surface area contributed by atoms with Gasteiger partial charge >= 0.3 is 0 Å². The second-order valence-electron chi connectivity index (χ2n) is 9.61. The molecule has 0 saturated carbocycles. The molecule has 37 heavy (non-hydrogen) atoms. The first-order chi connectivity index (χ1) is 18.1. The summed E-state index contributed by atoms with van der Waals surface area (Å²) in [5.74, 6) is 1.05. The maximum absolute atomic E-state index is 13.0. The van der Waals surface area contributed by atoms with Crippen LogP contribution < -0.4 is 5.32 Å². The Labute approximate surface area is 214 Å². The number of fused-ring (bicyclic) bond motifs is 1. The monoisotopic (exact) mass is 493 g/mol. The van der Waals surface area contributed by atoms with Crippen LogP contribution >= 0.6 is 0 Å². The highest BCUT2D eigenvalue weighted by atomic mass is 16.2. The maximum atomic E-state index is 13.0. The fourth-order valence-corrected chi connectivity index (χ4v) is 5.34. The Morgan fingerprint density at radius 1 is 0.892 bits per heavy atom. The van der Waals surface area contributed by atoms with Crippen molar-refractivity contribution >= 4 is 34.2 Å². The van der Waals surface area contributed by atoms with E-state index in [0.29, 0.717) is 28.6 Å². The number of hydrogen-bond donors (Lipinski definition) is 1. The van der Waals surface area contributed by atoms with Crippen LogP contribution in [0.1, 0.15) is 58.6 Å². The van der Waals surface area contributed by atoms with Gasteiger partial charge in [-0.05, 0) is 48.9 Å². The molecule has 0 radical (unpaired) electrons. The standard InChI is InChI=1S/C29H27N5O3/c35-25(30-21-11-4-10-20(18-21)27-32-31-24-14-2-1-3-16-33(24)27)15-7-17-34-28(36)22-12-5-8-19-9-6-13-23(26(19)22)29(34)37/h4-6,8-13,18H,1-3,7,14-17H2,(H,30,35). The van der Waals surface area contributed by atoms with E-state index in [4.69, 9.17) is 0 Å². The molecule has 0 aliphatic carbocycles. The number of carbonyl (C=O) groups excluding carboxylic acids is 3. The molecule has 3 heterocycles. The summed E-state index contributed by atoms with van der Waals surface area (Å²) >= 11 is 0. The maximum Gasteiger partial charge on any atom is 0.261 e. The fourth-order valence-electron chi connectivity index (χ4n) is 5.34. The number of aryl methyl sites for hydroxylation is 1. The van der Waals surface area contributed by atoms with Crippen molar-refractivity contribution in [1.82, 2.24) is 19.7 Å². The lowest BCUT2D eigenvalue weighted by Gasteiger charge is -2.27. The zero-order chi connectivity index (χ0) is 25.4. The number of benzene rings is 3. The number of amides is 3. The van der Waals surface area contributed by atoms with Crippen LogP contribution in [0.5, 0.6) is 0 Å². The van der Waals surface area contributed by atoms with Crippen molar-refractivity contribution in [1.29, 1.82) is 0 Å². The molecular formula is C29H27N5O3. The number of rotatable bonds is 6. The quantitative estimate of drug-likeness (QED) is 0.388. The van der Waals surface area contributed by atoms with E-state index < -0.39 is 0 Å². The van der Waals surface area contributed by atoms with Crippen LogP contribution in [0, 0.1) is 0 Å². The summed E-state index contributed by atoms with van der Waals surface area (Å²) in [4.78, 5) is 40.1. The Kier molecular flexibility index (Phi) is 6.00. The minimum Gasteiger partial charge on any atom is -0.326 e. The van der Waals surface area contributed by atoms with Gasteiger partial charge in [-0.25, -0.2) is 0 Å². The molecule has 4 aromatic rings. The number of carbonyl (C=O) groups is 3. The Hall–Kier alpha value is -4.33. The highest BCUT2D eigenvalue weighted by molar-refractivity contribution is 6.25. The molecule has 0 atom stereocenters. The van der Waals surface area contributed by atoms with Gasteiger partial charge in [-0.3, -0.25) is 19.3 Å². The molecule has 0 saturated heterocycles. The number of anilines is 1. The highest BCUT2D eigenvalue weighted by Gasteiger charge is 2.32. The van der Waals surface area contributed by atoms with E-state index in [2.05, 4.69) is 20.1 Å². The van der Waals surface area contributed by atoms with Crippen molar-refractivity contribution in [3.05, 3.63) is 77.6 Å². The van der Waals surface area contributed by atoms with E-state index in [9.17, 15) is 14.4 Å². The lowest BCUT2D eigenvalue weighted by molar-refractivity contribution is -0.116. The predicted molar refractivity (Wildman–Crippen MR) is 140 cm³/mol. The van der Waals surface area contributed by atoms with Crippen LogP contribution in [0.25, 0.3) is 22.2 Å². The largest absolute Gasteiger partial charge is 0.326 e. The lowest BCUT2D eigenvalue weighted by Crippen LogP contribution is -2.41. The zero-order valence-electron chi connectivity index (χ0n) is 20.4. The summed E-state index contributed by atoms with van der Waals surface area (Å²) in [5, 5.41) is 13.3. The molecule has 0 fully saturated rings. The average Bonchev–Trinajstić information content (AvgIpc) is 3.17. The van der Waals surface area contributed by atoms with Gasteiger partial charge in [-0.2, -0.15) is 0 Å². The zero-order valence-corrected chi connectivity index (χ0v) is 20.4. The second kappa shape index (κ2) is 9.61. The molecule has 3 aromatic carbocycles. The molecule has 6 rings (SSSR count). The third kappa shape index (κ3) is 4.28. The Balaban J connectivity index is 1.10. The number of aromatic nitrogens is 3. The Morgan fingerprint density at radius 3 is 2.43 bits per heavy atom. The first-order valence-electron chi connectivity index (χ1n) is 12.8. The molecule has 8 nitrogen and oxygen atoms in total. The van der Waals surface area contributed by atoms with Crippen molar-refractivity contribution in [3.63, 3.8) is 0 Å². The molecule has 0 bridgehead atoms. The Bertz CT molecular complexity index is 1490. The number of imide groups is 1. The summed E-state index contributed by atoms with van der Waals surface area (Å²) in [6.45, 7) is 1.09. The van der Waals surface area contributed by atoms with Gasteiger partial charge in [0, 0.05) is 53.7 Å². The van der Waals surface area contributed by atoms with Crippen LogP contribution in [0.4, 0.5) is 5.69 Å². The summed E-state index contributed by atoms with van der Waals surface area (Å²) in [5.41, 5.74) is 2.65. The van der Waals surface area contributed by atoms with Gasteiger partial charge in [-0.15, -0.1) is 10.2 Å². The third-order valence-corrected chi connectivity index (χ3v) is 7.16. The molecule has 1 aromatic heterocycles. The van der Waals surface area contributed by atoms with E-state index in [1.807, 2.05) is 48.5 Å². The van der Waals surface area contributed by atoms with E-state index >= 15 is 0 Å². The van der Waals surface area contributed by atoms with Gasteiger partial charge in [0.15, 0.2) is 5.82 Å². The van der Waals surface area contributed by atoms with Gasteiger partial charge in [0.05, 0.1) is 0 Å². The molecule has 0 spiro atoms. The number of nitrogens with one attached hydrogen (secondary N) is 1. The first-order valence-corrected chi connectivity index (χ1v) is 12.8. The van der Waals surface area contributed by atoms with Crippen molar-refractivity contribution in [2.45, 2.75) is 45.1 Å². The second-order valence-corrected chi connectivity index (χ2v) is 9.61. The predicted octanol–water partition coefficient (Wildman–Crippen LogP) is 4.84. The van der Waals surface area contributed by atoms with Crippen LogP contribution in [0.15, 0.2) is 60.7 Å². The van der Waals surface area contributed by atoms with Crippen molar-refractivity contribution in [2.75, 3.05) is 11.9 Å². The first kappa shape index (κ1) is 23.1. The fraction of sp³-hybridized carbons (Fsp3) is 0.276. The molecule has 3 amide bonds. The van der Waals surface area contributed by atoms with Crippen LogP contribution in [-0.2, 0) is 17.8 Å². The molecular weight excluding hydrogens is 466 g/mol. The average molecular weight is 494 g/mol. The van der Waals surface area contributed by atoms with Gasteiger partial charge in [-0.1, -0.05) is 42.8 Å². The highest BCUT2D eigenvalue weighted by Crippen LogP contribution is 2.30. The van der Waals surface area contributed by atoms with Crippen LogP contribution in [0.3, 0.4) is 0 Å². The van der Waals surface area contributed by atoms with E-state index in [1.54, 1.807) is 12.1 Å². The molecule has 186 valence electrons. The van der Waals surface area contributed by atoms with E-state index in [0.717, 1.165) is 48.4 Å². The van der Waals surface area contributed by atoms with Gasteiger partial charge < -0.3 is 9.88 Å². The lowest BCUT2D eigenvalue weighted by atomic mass is 9.94. The number of hydrogen-bond acceptors (Lipinski definition) is 5. The third-order valence-electron chi connectivity index (χ3n) is 7.16. The minimum atomic E-state index is -0.310.